The van der Waals surface area contributed by atoms with Crippen LogP contribution in [0, 0.1) is 6.92 Å². The monoisotopic (exact) mass is 341 g/mol. The van der Waals surface area contributed by atoms with Gasteiger partial charge in [0.2, 0.25) is 0 Å². The summed E-state index contributed by atoms with van der Waals surface area (Å²) in [6, 6.07) is 4.22. The third-order valence-corrected chi connectivity index (χ3v) is 5.21. The molecular formula is C16H18F3N3S. The first kappa shape index (κ1) is 16.4. The first-order chi connectivity index (χ1) is 10.9. The van der Waals surface area contributed by atoms with Crippen molar-refractivity contribution in [1.82, 2.24) is 9.88 Å². The zero-order chi connectivity index (χ0) is 16.6. The normalized spacial score (nSPS) is 18.4. The van der Waals surface area contributed by atoms with E-state index in [1.165, 1.54) is 6.07 Å². The quantitative estimate of drug-likeness (QED) is 0.925. The van der Waals surface area contributed by atoms with Gasteiger partial charge in [0.25, 0.3) is 0 Å². The molecule has 0 saturated carbocycles. The minimum atomic E-state index is -4.33. The number of benzene rings is 1. The van der Waals surface area contributed by atoms with Crippen LogP contribution in [-0.4, -0.2) is 23.0 Å². The van der Waals surface area contributed by atoms with E-state index in [-0.39, 0.29) is 12.6 Å². The fraction of sp³-hybridized carbons (Fsp3) is 0.438. The van der Waals surface area contributed by atoms with E-state index in [0.717, 1.165) is 23.2 Å². The predicted octanol–water partition coefficient (Wildman–Crippen LogP) is 3.53. The first-order valence-electron chi connectivity index (χ1n) is 7.44. The molecule has 1 aliphatic heterocycles. The number of hydrogen-bond donors (Lipinski definition) is 1. The largest absolute Gasteiger partial charge is 0.416 e. The van der Waals surface area contributed by atoms with Crippen molar-refractivity contribution in [3.05, 3.63) is 51.0 Å². The molecule has 3 nitrogen and oxygen atoms in total. The highest BCUT2D eigenvalue weighted by Crippen LogP contribution is 2.41. The van der Waals surface area contributed by atoms with E-state index in [2.05, 4.69) is 4.98 Å². The van der Waals surface area contributed by atoms with Crippen LogP contribution in [0.15, 0.2) is 23.6 Å². The number of thiazole rings is 1. The molecule has 0 saturated heterocycles. The average molecular weight is 341 g/mol. The topological polar surface area (TPSA) is 42.1 Å². The summed E-state index contributed by atoms with van der Waals surface area (Å²) in [4.78, 5) is 6.43. The Balaban J connectivity index is 1.81. The summed E-state index contributed by atoms with van der Waals surface area (Å²) in [5, 5.41) is 2.99. The fourth-order valence-corrected chi connectivity index (χ4v) is 3.90. The second kappa shape index (κ2) is 6.22. The molecular weight excluding hydrogens is 323 g/mol. The van der Waals surface area contributed by atoms with Gasteiger partial charge >= 0.3 is 6.18 Å². The molecule has 1 atom stereocenters. The van der Waals surface area contributed by atoms with Gasteiger partial charge in [-0.3, -0.25) is 4.90 Å². The van der Waals surface area contributed by atoms with Gasteiger partial charge in [0.1, 0.15) is 0 Å². The van der Waals surface area contributed by atoms with Crippen LogP contribution in [0.3, 0.4) is 0 Å². The van der Waals surface area contributed by atoms with Crippen LogP contribution in [-0.2, 0) is 19.1 Å². The summed E-state index contributed by atoms with van der Waals surface area (Å²) in [6.07, 6.45) is -3.60. The van der Waals surface area contributed by atoms with Crippen molar-refractivity contribution in [2.45, 2.75) is 32.1 Å². The van der Waals surface area contributed by atoms with Crippen molar-refractivity contribution in [3.8, 4) is 0 Å². The summed E-state index contributed by atoms with van der Waals surface area (Å²) in [5.41, 5.74) is 7.34. The molecule has 7 heteroatoms. The van der Waals surface area contributed by atoms with E-state index in [4.69, 9.17) is 5.73 Å². The summed E-state index contributed by atoms with van der Waals surface area (Å²) in [7, 11) is 0. The molecule has 3 rings (SSSR count). The molecule has 0 amide bonds. The van der Waals surface area contributed by atoms with Gasteiger partial charge in [-0.05, 0) is 24.1 Å². The van der Waals surface area contributed by atoms with Crippen LogP contribution in [0.25, 0.3) is 0 Å². The number of rotatable bonds is 4. The van der Waals surface area contributed by atoms with Crippen LogP contribution >= 0.6 is 11.3 Å². The molecule has 2 heterocycles. The lowest BCUT2D eigenvalue weighted by atomic mass is 9.99. The molecule has 23 heavy (non-hydrogen) atoms. The Labute approximate surface area is 136 Å². The molecule has 0 bridgehead atoms. The molecule has 2 aromatic rings. The van der Waals surface area contributed by atoms with Gasteiger partial charge in [-0.15, -0.1) is 11.3 Å². The van der Waals surface area contributed by atoms with E-state index in [0.29, 0.717) is 24.2 Å². The van der Waals surface area contributed by atoms with Crippen molar-refractivity contribution >= 4 is 11.3 Å². The van der Waals surface area contributed by atoms with Gasteiger partial charge in [0, 0.05) is 43.2 Å². The van der Waals surface area contributed by atoms with Crippen molar-refractivity contribution in [3.63, 3.8) is 0 Å². The van der Waals surface area contributed by atoms with Gasteiger partial charge in [0.05, 0.1) is 10.6 Å². The van der Waals surface area contributed by atoms with Crippen LogP contribution in [0.4, 0.5) is 13.2 Å². The molecule has 1 aromatic heterocycles. The van der Waals surface area contributed by atoms with Gasteiger partial charge in [-0.2, -0.15) is 13.2 Å². The molecule has 0 fully saturated rings. The van der Waals surface area contributed by atoms with E-state index in [1.54, 1.807) is 17.4 Å². The zero-order valence-electron chi connectivity index (χ0n) is 12.7. The number of nitrogens with two attached hydrogens (primary N) is 1. The number of aryl methyl sites for hydroxylation is 1. The molecule has 1 aliphatic rings. The van der Waals surface area contributed by atoms with Gasteiger partial charge in [-0.1, -0.05) is 12.1 Å². The fourth-order valence-electron chi connectivity index (χ4n) is 3.14. The molecule has 1 aromatic carbocycles. The summed E-state index contributed by atoms with van der Waals surface area (Å²) in [6.45, 7) is 3.19. The number of fused-ring (bicyclic) bond motifs is 1. The highest BCUT2D eigenvalue weighted by atomic mass is 32.1. The van der Waals surface area contributed by atoms with Gasteiger partial charge < -0.3 is 5.73 Å². The number of halogens is 3. The lowest BCUT2D eigenvalue weighted by Crippen LogP contribution is -2.29. The van der Waals surface area contributed by atoms with Gasteiger partial charge in [-0.25, -0.2) is 4.98 Å². The maximum atomic E-state index is 13.2. The van der Waals surface area contributed by atoms with Crippen LogP contribution < -0.4 is 5.73 Å². The second-order valence-corrected chi connectivity index (χ2v) is 6.67. The predicted molar refractivity (Wildman–Crippen MR) is 84.2 cm³/mol. The standard InChI is InChI=1S/C16H18F3N3S/c1-10-9-23-15(21-10)5-6-22-8-12-11(14(22)7-20)3-2-4-13(12)16(17,18)19/h2-4,9,14H,5-8,20H2,1H3. The number of nitrogens with zero attached hydrogens (tertiary/aromatic N) is 2. The lowest BCUT2D eigenvalue weighted by Gasteiger charge is -2.23. The molecule has 124 valence electrons. The highest BCUT2D eigenvalue weighted by molar-refractivity contribution is 7.09. The van der Waals surface area contributed by atoms with E-state index >= 15 is 0 Å². The maximum absolute atomic E-state index is 13.2. The smallest absolute Gasteiger partial charge is 0.329 e. The van der Waals surface area contributed by atoms with Crippen molar-refractivity contribution in [2.75, 3.05) is 13.1 Å². The van der Waals surface area contributed by atoms with E-state index < -0.39 is 11.7 Å². The SMILES string of the molecule is Cc1csc(CCN2Cc3c(cccc3C(F)(F)F)C2CN)n1. The molecule has 0 aliphatic carbocycles. The van der Waals surface area contributed by atoms with Crippen LogP contribution in [0.5, 0.6) is 0 Å². The number of aromatic nitrogens is 1. The minimum absolute atomic E-state index is 0.159. The van der Waals surface area contributed by atoms with E-state index in [9.17, 15) is 13.2 Å². The first-order valence-corrected chi connectivity index (χ1v) is 8.32. The van der Waals surface area contributed by atoms with Crippen LogP contribution in [0.1, 0.15) is 33.4 Å². The highest BCUT2D eigenvalue weighted by Gasteiger charge is 2.39. The third kappa shape index (κ3) is 3.27. The Kier molecular flexibility index (Phi) is 4.44. The Bertz CT molecular complexity index is 696. The number of hydrogen-bond acceptors (Lipinski definition) is 4. The molecule has 0 spiro atoms. The summed E-state index contributed by atoms with van der Waals surface area (Å²) >= 11 is 1.58. The Hall–Kier alpha value is -1.44. The number of alkyl halides is 3. The Morgan fingerprint density at radius 1 is 1.39 bits per heavy atom. The summed E-state index contributed by atoms with van der Waals surface area (Å²) in [5.74, 6) is 0. The van der Waals surface area contributed by atoms with Crippen molar-refractivity contribution < 1.29 is 13.2 Å². The summed E-state index contributed by atoms with van der Waals surface area (Å²) < 4.78 is 39.6. The minimum Gasteiger partial charge on any atom is -0.329 e. The molecule has 2 N–H and O–H groups in total. The van der Waals surface area contributed by atoms with Gasteiger partial charge in [0.15, 0.2) is 0 Å². The molecule has 1 unspecified atom stereocenters. The molecule has 0 radical (unpaired) electrons. The Morgan fingerprint density at radius 3 is 2.78 bits per heavy atom. The third-order valence-electron chi connectivity index (χ3n) is 4.18. The Morgan fingerprint density at radius 2 is 2.17 bits per heavy atom. The van der Waals surface area contributed by atoms with Crippen molar-refractivity contribution in [1.29, 1.82) is 0 Å². The second-order valence-electron chi connectivity index (χ2n) is 5.73. The maximum Gasteiger partial charge on any atom is 0.416 e. The van der Waals surface area contributed by atoms with Crippen molar-refractivity contribution in [2.24, 2.45) is 5.73 Å². The van der Waals surface area contributed by atoms with Crippen LogP contribution in [0.2, 0.25) is 0 Å². The lowest BCUT2D eigenvalue weighted by molar-refractivity contribution is -0.138. The zero-order valence-corrected chi connectivity index (χ0v) is 13.5. The van der Waals surface area contributed by atoms with E-state index in [1.807, 2.05) is 17.2 Å². The average Bonchev–Trinajstić information content (AvgIpc) is 3.06.